The van der Waals surface area contributed by atoms with Gasteiger partial charge in [0, 0.05) is 44.0 Å². The summed E-state index contributed by atoms with van der Waals surface area (Å²) in [4.78, 5) is 5.15. The van der Waals surface area contributed by atoms with E-state index in [4.69, 9.17) is 9.84 Å². The van der Waals surface area contributed by atoms with Crippen molar-refractivity contribution in [2.24, 2.45) is 0 Å². The average Bonchev–Trinajstić information content (AvgIpc) is 3.34. The standard InChI is InChI=1S/C27H34N4O/c1-29-17-19-30(20-18-29)23-11-13-24(14-12-23)31-16-15-26(28-31)25-9-5-6-10-27(25)32-21-22-7-3-2-4-8-22/h2-10,15-16,23-24H,11-14,17-21H2,1H3. The Labute approximate surface area is 191 Å². The number of ether oxygens (including phenoxy) is 1. The summed E-state index contributed by atoms with van der Waals surface area (Å²) in [5.41, 5.74) is 3.23. The van der Waals surface area contributed by atoms with Crippen molar-refractivity contribution >= 4 is 0 Å². The first-order valence-corrected chi connectivity index (χ1v) is 12.0. The van der Waals surface area contributed by atoms with Crippen LogP contribution in [0.5, 0.6) is 5.75 Å². The van der Waals surface area contributed by atoms with Crippen LogP contribution in [0.3, 0.4) is 0 Å². The summed E-state index contributed by atoms with van der Waals surface area (Å²) in [6.07, 6.45) is 7.14. The van der Waals surface area contributed by atoms with Gasteiger partial charge in [0.25, 0.3) is 0 Å². The predicted molar refractivity (Wildman–Crippen MR) is 129 cm³/mol. The monoisotopic (exact) mass is 430 g/mol. The molecule has 0 atom stereocenters. The number of likely N-dealkylation sites (N-methyl/N-ethyl adjacent to an activating group) is 1. The van der Waals surface area contributed by atoms with Gasteiger partial charge in [-0.15, -0.1) is 0 Å². The van der Waals surface area contributed by atoms with Gasteiger partial charge in [-0.2, -0.15) is 5.10 Å². The van der Waals surface area contributed by atoms with Crippen molar-refractivity contribution in [2.45, 2.75) is 44.4 Å². The third kappa shape index (κ3) is 4.89. The number of aromatic nitrogens is 2. The van der Waals surface area contributed by atoms with Crippen molar-refractivity contribution in [1.29, 1.82) is 0 Å². The van der Waals surface area contributed by atoms with E-state index < -0.39 is 0 Å². The third-order valence-corrected chi connectivity index (χ3v) is 7.10. The molecular weight excluding hydrogens is 396 g/mol. The van der Waals surface area contributed by atoms with Crippen molar-refractivity contribution in [3.05, 3.63) is 72.4 Å². The molecule has 168 valence electrons. The quantitative estimate of drug-likeness (QED) is 0.559. The first-order chi connectivity index (χ1) is 15.8. The van der Waals surface area contributed by atoms with Crippen molar-refractivity contribution in [1.82, 2.24) is 19.6 Å². The largest absolute Gasteiger partial charge is 0.488 e. The van der Waals surface area contributed by atoms with Crippen LogP contribution in [0, 0.1) is 0 Å². The van der Waals surface area contributed by atoms with Crippen molar-refractivity contribution in [3.8, 4) is 17.0 Å². The summed E-state index contributed by atoms with van der Waals surface area (Å²) in [5.74, 6) is 0.889. The van der Waals surface area contributed by atoms with E-state index in [0.29, 0.717) is 12.6 Å². The molecule has 0 radical (unpaired) electrons. The Balaban J connectivity index is 1.22. The first kappa shape index (κ1) is 21.2. The van der Waals surface area contributed by atoms with Crippen molar-refractivity contribution in [3.63, 3.8) is 0 Å². The molecule has 5 nitrogen and oxygen atoms in total. The molecule has 3 aromatic rings. The highest BCUT2D eigenvalue weighted by atomic mass is 16.5. The zero-order valence-electron chi connectivity index (χ0n) is 19.1. The van der Waals surface area contributed by atoms with E-state index in [1.165, 1.54) is 57.4 Å². The molecular formula is C27H34N4O. The minimum Gasteiger partial charge on any atom is -0.488 e. The van der Waals surface area contributed by atoms with E-state index in [2.05, 4.69) is 58.1 Å². The van der Waals surface area contributed by atoms with Crippen molar-refractivity contribution in [2.75, 3.05) is 33.2 Å². The molecule has 5 heteroatoms. The highest BCUT2D eigenvalue weighted by Gasteiger charge is 2.28. The number of hydrogen-bond donors (Lipinski definition) is 0. The number of benzene rings is 2. The van der Waals surface area contributed by atoms with Crippen LogP contribution >= 0.6 is 0 Å². The summed E-state index contributed by atoms with van der Waals surface area (Å²) >= 11 is 0. The molecule has 2 aliphatic rings. The number of piperazine rings is 1. The van der Waals surface area contributed by atoms with Crippen molar-refractivity contribution < 1.29 is 4.74 Å². The lowest BCUT2D eigenvalue weighted by Crippen LogP contribution is -2.49. The summed E-state index contributed by atoms with van der Waals surface area (Å²) < 4.78 is 8.36. The number of hydrogen-bond acceptors (Lipinski definition) is 4. The van der Waals surface area contributed by atoms with Crippen LogP contribution in [0.2, 0.25) is 0 Å². The lowest BCUT2D eigenvalue weighted by molar-refractivity contribution is 0.0811. The zero-order chi connectivity index (χ0) is 21.8. The fourth-order valence-electron chi connectivity index (χ4n) is 5.10. The molecule has 1 aromatic heterocycles. The van der Waals surface area contributed by atoms with Gasteiger partial charge in [0.2, 0.25) is 0 Å². The maximum Gasteiger partial charge on any atom is 0.129 e. The fraction of sp³-hybridized carbons (Fsp3) is 0.444. The molecule has 0 unspecified atom stereocenters. The second kappa shape index (κ2) is 9.88. The van der Waals surface area contributed by atoms with E-state index in [1.807, 2.05) is 30.3 Å². The molecule has 2 heterocycles. The number of nitrogens with zero attached hydrogens (tertiary/aromatic N) is 4. The van der Waals surface area contributed by atoms with E-state index in [0.717, 1.165) is 23.0 Å². The van der Waals surface area contributed by atoms with Gasteiger partial charge in [-0.3, -0.25) is 9.58 Å². The summed E-state index contributed by atoms with van der Waals surface area (Å²) in [7, 11) is 2.23. The minimum atomic E-state index is 0.505. The van der Waals surface area contributed by atoms with Gasteiger partial charge in [-0.1, -0.05) is 42.5 Å². The third-order valence-electron chi connectivity index (χ3n) is 7.10. The SMILES string of the molecule is CN1CCN(C2CCC(n3ccc(-c4ccccc4OCc4ccccc4)n3)CC2)CC1. The van der Waals surface area contributed by atoms with Gasteiger partial charge in [-0.05, 0) is 56.5 Å². The molecule has 2 aromatic carbocycles. The Hall–Kier alpha value is -2.63. The zero-order valence-corrected chi connectivity index (χ0v) is 19.1. The number of para-hydroxylation sites is 1. The van der Waals surface area contributed by atoms with Crippen LogP contribution in [-0.4, -0.2) is 58.8 Å². The van der Waals surface area contributed by atoms with Crippen LogP contribution in [0.1, 0.15) is 37.3 Å². The molecule has 32 heavy (non-hydrogen) atoms. The Morgan fingerprint density at radius 2 is 1.50 bits per heavy atom. The van der Waals surface area contributed by atoms with E-state index in [9.17, 15) is 0 Å². The van der Waals surface area contributed by atoms with Gasteiger partial charge in [0.1, 0.15) is 12.4 Å². The normalized spacial score (nSPS) is 22.7. The Morgan fingerprint density at radius 1 is 0.812 bits per heavy atom. The first-order valence-electron chi connectivity index (χ1n) is 12.0. The summed E-state index contributed by atoms with van der Waals surface area (Å²) in [6.45, 7) is 5.41. The lowest BCUT2D eigenvalue weighted by atomic mass is 9.90. The Morgan fingerprint density at radius 3 is 2.28 bits per heavy atom. The smallest absolute Gasteiger partial charge is 0.129 e. The lowest BCUT2D eigenvalue weighted by Gasteiger charge is -2.41. The van der Waals surface area contributed by atoms with E-state index in [-0.39, 0.29) is 0 Å². The van der Waals surface area contributed by atoms with E-state index >= 15 is 0 Å². The maximum atomic E-state index is 6.16. The fourth-order valence-corrected chi connectivity index (χ4v) is 5.10. The molecule has 5 rings (SSSR count). The second-order valence-corrected chi connectivity index (χ2v) is 9.25. The Kier molecular flexibility index (Phi) is 6.56. The van der Waals surface area contributed by atoms with Crippen LogP contribution in [0.4, 0.5) is 0 Å². The minimum absolute atomic E-state index is 0.505. The highest BCUT2D eigenvalue weighted by Crippen LogP contribution is 2.34. The molecule has 1 aliphatic carbocycles. The van der Waals surface area contributed by atoms with Crippen LogP contribution in [0.15, 0.2) is 66.9 Å². The number of rotatable bonds is 6. The summed E-state index contributed by atoms with van der Waals surface area (Å²) in [6, 6.07) is 21.9. The molecule has 1 saturated heterocycles. The van der Waals surface area contributed by atoms with Crippen LogP contribution in [0.25, 0.3) is 11.3 Å². The highest BCUT2D eigenvalue weighted by molar-refractivity contribution is 5.66. The molecule has 1 saturated carbocycles. The predicted octanol–water partition coefficient (Wildman–Crippen LogP) is 4.86. The summed E-state index contributed by atoms with van der Waals surface area (Å²) in [5, 5.41) is 4.98. The van der Waals surface area contributed by atoms with Gasteiger partial charge in [-0.25, -0.2) is 0 Å². The topological polar surface area (TPSA) is 33.5 Å². The van der Waals surface area contributed by atoms with E-state index in [1.54, 1.807) is 0 Å². The molecule has 1 aliphatic heterocycles. The average molecular weight is 431 g/mol. The molecule has 2 fully saturated rings. The molecule has 0 spiro atoms. The van der Waals surface area contributed by atoms with Crippen LogP contribution in [-0.2, 0) is 6.61 Å². The Bertz CT molecular complexity index is 986. The van der Waals surface area contributed by atoms with Gasteiger partial charge in [0.15, 0.2) is 0 Å². The molecule has 0 bridgehead atoms. The van der Waals surface area contributed by atoms with Crippen LogP contribution < -0.4 is 4.74 Å². The van der Waals surface area contributed by atoms with Gasteiger partial charge < -0.3 is 9.64 Å². The van der Waals surface area contributed by atoms with Gasteiger partial charge in [0.05, 0.1) is 11.7 Å². The maximum absolute atomic E-state index is 6.16. The molecule has 0 N–H and O–H groups in total. The molecule has 0 amide bonds. The van der Waals surface area contributed by atoms with Gasteiger partial charge >= 0.3 is 0 Å². The second-order valence-electron chi connectivity index (χ2n) is 9.25.